The maximum absolute atomic E-state index is 12.3. The van der Waals surface area contributed by atoms with Crippen molar-refractivity contribution >= 4 is 11.9 Å². The molecular formula is C16H25N3O4. The predicted molar refractivity (Wildman–Crippen MR) is 82.9 cm³/mol. The number of carboxylic acids is 1. The van der Waals surface area contributed by atoms with Crippen molar-refractivity contribution in [2.45, 2.75) is 70.8 Å². The van der Waals surface area contributed by atoms with Gasteiger partial charge in [0.15, 0.2) is 5.82 Å². The molecule has 0 spiro atoms. The molecule has 1 amide bonds. The fourth-order valence-corrected chi connectivity index (χ4v) is 2.77. The molecule has 1 aliphatic heterocycles. The Morgan fingerprint density at radius 3 is 2.74 bits per heavy atom. The zero-order valence-corrected chi connectivity index (χ0v) is 14.0. The number of aryl methyl sites for hydroxylation is 1. The van der Waals surface area contributed by atoms with Gasteiger partial charge in [-0.3, -0.25) is 9.59 Å². The van der Waals surface area contributed by atoms with Crippen molar-refractivity contribution in [3.8, 4) is 0 Å². The first-order valence-electron chi connectivity index (χ1n) is 8.11. The van der Waals surface area contributed by atoms with Crippen molar-refractivity contribution in [2.75, 3.05) is 6.54 Å². The van der Waals surface area contributed by atoms with E-state index in [4.69, 9.17) is 9.63 Å². The number of hydrogen-bond acceptors (Lipinski definition) is 5. The van der Waals surface area contributed by atoms with Crippen LogP contribution in [0.25, 0.3) is 0 Å². The van der Waals surface area contributed by atoms with E-state index in [0.29, 0.717) is 37.5 Å². The third kappa shape index (κ3) is 4.77. The number of aromatic nitrogens is 2. The SMILES string of the molecule is CC(C)(C)c1noc(CCCC(=O)N2CCCC2CC(=O)O)n1. The number of hydrogen-bond donors (Lipinski definition) is 1. The Balaban J connectivity index is 1.80. The van der Waals surface area contributed by atoms with Crippen LogP contribution in [0.3, 0.4) is 0 Å². The minimum Gasteiger partial charge on any atom is -0.481 e. The minimum atomic E-state index is -0.852. The van der Waals surface area contributed by atoms with E-state index < -0.39 is 5.97 Å². The van der Waals surface area contributed by atoms with E-state index in [2.05, 4.69) is 10.1 Å². The summed E-state index contributed by atoms with van der Waals surface area (Å²) in [5.74, 6) is 0.380. The largest absolute Gasteiger partial charge is 0.481 e. The molecule has 2 rings (SSSR count). The first kappa shape index (κ1) is 17.4. The van der Waals surface area contributed by atoms with Gasteiger partial charge in [0.1, 0.15) is 0 Å². The molecule has 7 heteroatoms. The van der Waals surface area contributed by atoms with Gasteiger partial charge in [-0.2, -0.15) is 4.98 Å². The summed E-state index contributed by atoms with van der Waals surface area (Å²) >= 11 is 0. The van der Waals surface area contributed by atoms with Crippen molar-refractivity contribution in [1.29, 1.82) is 0 Å². The highest BCUT2D eigenvalue weighted by Crippen LogP contribution is 2.22. The highest BCUT2D eigenvalue weighted by atomic mass is 16.5. The van der Waals surface area contributed by atoms with Gasteiger partial charge >= 0.3 is 5.97 Å². The second-order valence-corrected chi connectivity index (χ2v) is 7.10. The molecule has 1 atom stereocenters. The average molecular weight is 323 g/mol. The Labute approximate surface area is 136 Å². The van der Waals surface area contributed by atoms with E-state index in [1.807, 2.05) is 20.8 Å². The number of nitrogens with zero attached hydrogens (tertiary/aromatic N) is 3. The van der Waals surface area contributed by atoms with Gasteiger partial charge in [0.2, 0.25) is 11.8 Å². The van der Waals surface area contributed by atoms with Crippen molar-refractivity contribution in [1.82, 2.24) is 15.0 Å². The molecule has 1 unspecified atom stereocenters. The van der Waals surface area contributed by atoms with Crippen LogP contribution < -0.4 is 0 Å². The zero-order chi connectivity index (χ0) is 17.0. The monoisotopic (exact) mass is 323 g/mol. The fourth-order valence-electron chi connectivity index (χ4n) is 2.77. The molecular weight excluding hydrogens is 298 g/mol. The molecule has 1 aromatic heterocycles. The molecule has 23 heavy (non-hydrogen) atoms. The molecule has 1 aliphatic rings. The minimum absolute atomic E-state index is 0.0179. The first-order chi connectivity index (χ1) is 10.8. The molecule has 2 heterocycles. The Kier molecular flexibility index (Phi) is 5.38. The molecule has 128 valence electrons. The van der Waals surface area contributed by atoms with Crippen molar-refractivity contribution in [3.05, 3.63) is 11.7 Å². The normalized spacial score (nSPS) is 18.4. The second kappa shape index (κ2) is 7.10. The van der Waals surface area contributed by atoms with E-state index in [0.717, 1.165) is 12.8 Å². The molecule has 0 saturated carbocycles. The van der Waals surface area contributed by atoms with Crippen molar-refractivity contribution in [3.63, 3.8) is 0 Å². The molecule has 0 aromatic carbocycles. The number of carbonyl (C=O) groups excluding carboxylic acids is 1. The summed E-state index contributed by atoms with van der Waals surface area (Å²) < 4.78 is 5.21. The second-order valence-electron chi connectivity index (χ2n) is 7.10. The molecule has 0 aliphatic carbocycles. The van der Waals surface area contributed by atoms with Gasteiger partial charge in [-0.1, -0.05) is 25.9 Å². The smallest absolute Gasteiger partial charge is 0.305 e. The molecule has 1 fully saturated rings. The number of likely N-dealkylation sites (tertiary alicyclic amines) is 1. The van der Waals surface area contributed by atoms with Gasteiger partial charge in [0.05, 0.1) is 6.42 Å². The summed E-state index contributed by atoms with van der Waals surface area (Å²) in [6.07, 6.45) is 3.25. The molecule has 0 radical (unpaired) electrons. The van der Waals surface area contributed by atoms with E-state index in [9.17, 15) is 9.59 Å². The molecule has 0 bridgehead atoms. The summed E-state index contributed by atoms with van der Waals surface area (Å²) in [7, 11) is 0. The number of aliphatic carboxylic acids is 1. The van der Waals surface area contributed by atoms with E-state index in [1.54, 1.807) is 4.90 Å². The number of carboxylic acid groups (broad SMARTS) is 1. The van der Waals surface area contributed by atoms with Crippen LogP contribution in [-0.4, -0.2) is 44.6 Å². The van der Waals surface area contributed by atoms with Crippen LogP contribution in [-0.2, 0) is 21.4 Å². The van der Waals surface area contributed by atoms with Gasteiger partial charge in [-0.15, -0.1) is 0 Å². The number of amides is 1. The van der Waals surface area contributed by atoms with E-state index in [-0.39, 0.29) is 23.8 Å². The summed E-state index contributed by atoms with van der Waals surface area (Å²) in [5, 5.41) is 12.9. The first-order valence-corrected chi connectivity index (χ1v) is 8.11. The average Bonchev–Trinajstić information content (AvgIpc) is 3.06. The maximum atomic E-state index is 12.3. The quantitative estimate of drug-likeness (QED) is 0.861. The number of carbonyl (C=O) groups is 2. The Morgan fingerprint density at radius 1 is 1.39 bits per heavy atom. The zero-order valence-electron chi connectivity index (χ0n) is 14.0. The van der Waals surface area contributed by atoms with Crippen LogP contribution in [0.4, 0.5) is 0 Å². The number of rotatable bonds is 6. The van der Waals surface area contributed by atoms with Gasteiger partial charge in [0.25, 0.3) is 0 Å². The van der Waals surface area contributed by atoms with Crippen molar-refractivity contribution in [2.24, 2.45) is 0 Å². The highest BCUT2D eigenvalue weighted by molar-refractivity contribution is 5.78. The standard InChI is InChI=1S/C16H25N3O4/c1-16(2,3)15-17-12(23-18-15)7-4-8-13(20)19-9-5-6-11(19)10-14(21)22/h11H,4-10H2,1-3H3,(H,21,22). The van der Waals surface area contributed by atoms with Crippen LogP contribution in [0.15, 0.2) is 4.52 Å². The highest BCUT2D eigenvalue weighted by Gasteiger charge is 2.30. The van der Waals surface area contributed by atoms with Crippen LogP contribution >= 0.6 is 0 Å². The van der Waals surface area contributed by atoms with Gasteiger partial charge in [-0.25, -0.2) is 0 Å². The van der Waals surface area contributed by atoms with Gasteiger partial charge in [0, 0.05) is 30.8 Å². The lowest BCUT2D eigenvalue weighted by molar-refractivity contribution is -0.139. The Hall–Kier alpha value is -1.92. The predicted octanol–water partition coefficient (Wildman–Crippen LogP) is 2.16. The van der Waals surface area contributed by atoms with Gasteiger partial charge in [-0.05, 0) is 19.3 Å². The third-order valence-corrected chi connectivity index (χ3v) is 4.03. The van der Waals surface area contributed by atoms with E-state index >= 15 is 0 Å². The van der Waals surface area contributed by atoms with Crippen LogP contribution in [0.5, 0.6) is 0 Å². The van der Waals surface area contributed by atoms with Crippen LogP contribution in [0.1, 0.15) is 64.6 Å². The van der Waals surface area contributed by atoms with Crippen molar-refractivity contribution < 1.29 is 19.2 Å². The lowest BCUT2D eigenvalue weighted by atomic mass is 9.96. The molecule has 1 saturated heterocycles. The summed E-state index contributed by atoms with van der Waals surface area (Å²) in [5.41, 5.74) is -0.156. The molecule has 7 nitrogen and oxygen atoms in total. The van der Waals surface area contributed by atoms with E-state index in [1.165, 1.54) is 0 Å². The lowest BCUT2D eigenvalue weighted by Gasteiger charge is -2.23. The topological polar surface area (TPSA) is 96.5 Å². The Morgan fingerprint density at radius 2 is 2.13 bits per heavy atom. The van der Waals surface area contributed by atoms with Crippen LogP contribution in [0, 0.1) is 0 Å². The van der Waals surface area contributed by atoms with Gasteiger partial charge < -0.3 is 14.5 Å². The Bertz CT molecular complexity index is 562. The van der Waals surface area contributed by atoms with Crippen LogP contribution in [0.2, 0.25) is 0 Å². The summed E-state index contributed by atoms with van der Waals surface area (Å²) in [4.78, 5) is 29.2. The summed E-state index contributed by atoms with van der Waals surface area (Å²) in [6, 6.07) is -0.157. The maximum Gasteiger partial charge on any atom is 0.305 e. The lowest BCUT2D eigenvalue weighted by Crippen LogP contribution is -2.36. The molecule has 1 N–H and O–H groups in total. The third-order valence-electron chi connectivity index (χ3n) is 4.03. The fraction of sp³-hybridized carbons (Fsp3) is 0.750. The summed E-state index contributed by atoms with van der Waals surface area (Å²) in [6.45, 7) is 6.70. The molecule has 1 aromatic rings.